The molecule has 1 rings (SSSR count). The standard InChI is InChI=1S/C9H18N2O2/c1-7(12)6-11-9(13)8-2-4-10-5-3-8/h7-8,10,12H,2-6H2,1H3,(H,11,13)/t7-/m0/s1. The fourth-order valence-corrected chi connectivity index (χ4v) is 1.48. The van der Waals surface area contributed by atoms with E-state index in [1.54, 1.807) is 6.92 Å². The molecule has 4 nitrogen and oxygen atoms in total. The molecule has 1 saturated heterocycles. The Balaban J connectivity index is 2.21. The van der Waals surface area contributed by atoms with Crippen LogP contribution >= 0.6 is 0 Å². The van der Waals surface area contributed by atoms with E-state index in [0.29, 0.717) is 6.54 Å². The summed E-state index contributed by atoms with van der Waals surface area (Å²) < 4.78 is 0. The molecule has 1 fully saturated rings. The highest BCUT2D eigenvalue weighted by Crippen LogP contribution is 2.10. The molecule has 0 aliphatic carbocycles. The number of hydrogen-bond acceptors (Lipinski definition) is 3. The van der Waals surface area contributed by atoms with Gasteiger partial charge in [-0.2, -0.15) is 0 Å². The third-order valence-corrected chi connectivity index (χ3v) is 2.28. The summed E-state index contributed by atoms with van der Waals surface area (Å²) in [6.07, 6.45) is 1.36. The molecule has 1 aliphatic heterocycles. The van der Waals surface area contributed by atoms with Gasteiger partial charge in [-0.3, -0.25) is 4.79 Å². The van der Waals surface area contributed by atoms with Gasteiger partial charge in [0.15, 0.2) is 0 Å². The quantitative estimate of drug-likeness (QED) is 0.556. The number of carbonyl (C=O) groups is 1. The lowest BCUT2D eigenvalue weighted by Crippen LogP contribution is -2.40. The number of carbonyl (C=O) groups excluding carboxylic acids is 1. The molecule has 1 heterocycles. The van der Waals surface area contributed by atoms with Crippen molar-refractivity contribution in [2.75, 3.05) is 19.6 Å². The second-order valence-electron chi connectivity index (χ2n) is 3.62. The van der Waals surface area contributed by atoms with Crippen molar-refractivity contribution < 1.29 is 9.90 Å². The van der Waals surface area contributed by atoms with Crippen molar-refractivity contribution in [1.29, 1.82) is 0 Å². The molecular formula is C9H18N2O2. The Labute approximate surface area is 78.7 Å². The largest absolute Gasteiger partial charge is 0.392 e. The SMILES string of the molecule is C[C@H](O)CNC(=O)C1CCNCC1. The van der Waals surface area contributed by atoms with Crippen LogP contribution in [0.25, 0.3) is 0 Å². The zero-order chi connectivity index (χ0) is 9.68. The third kappa shape index (κ3) is 3.74. The summed E-state index contributed by atoms with van der Waals surface area (Å²) in [5.41, 5.74) is 0. The smallest absolute Gasteiger partial charge is 0.223 e. The lowest BCUT2D eigenvalue weighted by molar-refractivity contribution is -0.126. The normalized spacial score (nSPS) is 21.1. The Morgan fingerprint density at radius 3 is 2.77 bits per heavy atom. The molecule has 76 valence electrons. The van der Waals surface area contributed by atoms with Crippen LogP contribution in [0.3, 0.4) is 0 Å². The Morgan fingerprint density at radius 2 is 2.23 bits per heavy atom. The van der Waals surface area contributed by atoms with Crippen LogP contribution in [0.5, 0.6) is 0 Å². The van der Waals surface area contributed by atoms with Crippen LogP contribution in [0.4, 0.5) is 0 Å². The molecule has 0 aromatic rings. The number of amides is 1. The van der Waals surface area contributed by atoms with Gasteiger partial charge < -0.3 is 15.7 Å². The number of aliphatic hydroxyl groups is 1. The lowest BCUT2D eigenvalue weighted by atomic mass is 9.97. The van der Waals surface area contributed by atoms with Gasteiger partial charge in [0.05, 0.1) is 6.10 Å². The molecule has 0 aromatic heterocycles. The van der Waals surface area contributed by atoms with E-state index < -0.39 is 6.10 Å². The van der Waals surface area contributed by atoms with Crippen molar-refractivity contribution >= 4 is 5.91 Å². The molecule has 1 atom stereocenters. The second-order valence-corrected chi connectivity index (χ2v) is 3.62. The van der Waals surface area contributed by atoms with E-state index in [4.69, 9.17) is 5.11 Å². The first kappa shape index (κ1) is 10.5. The van der Waals surface area contributed by atoms with Gasteiger partial charge in [0.1, 0.15) is 0 Å². The van der Waals surface area contributed by atoms with E-state index in [9.17, 15) is 4.79 Å². The van der Waals surface area contributed by atoms with Crippen molar-refractivity contribution in [3.8, 4) is 0 Å². The highest BCUT2D eigenvalue weighted by molar-refractivity contribution is 5.78. The number of rotatable bonds is 3. The molecule has 0 aromatic carbocycles. The average Bonchev–Trinajstić information content (AvgIpc) is 2.15. The molecule has 4 heteroatoms. The molecule has 13 heavy (non-hydrogen) atoms. The monoisotopic (exact) mass is 186 g/mol. The summed E-state index contributed by atoms with van der Waals surface area (Å²) in [6.45, 7) is 3.88. The van der Waals surface area contributed by atoms with E-state index in [1.165, 1.54) is 0 Å². The molecule has 1 aliphatic rings. The van der Waals surface area contributed by atoms with Crippen LogP contribution < -0.4 is 10.6 Å². The van der Waals surface area contributed by atoms with Crippen LogP contribution in [0.15, 0.2) is 0 Å². The second kappa shape index (κ2) is 5.19. The maximum atomic E-state index is 11.5. The van der Waals surface area contributed by atoms with Gasteiger partial charge in [0.2, 0.25) is 5.91 Å². The van der Waals surface area contributed by atoms with E-state index in [1.807, 2.05) is 0 Å². The Hall–Kier alpha value is -0.610. The molecule has 0 saturated carbocycles. The maximum Gasteiger partial charge on any atom is 0.223 e. The number of hydrogen-bond donors (Lipinski definition) is 3. The molecule has 1 amide bonds. The van der Waals surface area contributed by atoms with Crippen LogP contribution in [0.1, 0.15) is 19.8 Å². The number of nitrogens with one attached hydrogen (secondary N) is 2. The molecule has 0 spiro atoms. The third-order valence-electron chi connectivity index (χ3n) is 2.28. The highest BCUT2D eigenvalue weighted by Gasteiger charge is 2.20. The molecular weight excluding hydrogens is 168 g/mol. The summed E-state index contributed by atoms with van der Waals surface area (Å²) in [5, 5.41) is 14.9. The first-order valence-corrected chi connectivity index (χ1v) is 4.86. The minimum absolute atomic E-state index is 0.0856. The topological polar surface area (TPSA) is 61.4 Å². The summed E-state index contributed by atoms with van der Waals surface area (Å²) in [7, 11) is 0. The van der Waals surface area contributed by atoms with Gasteiger partial charge in [-0.25, -0.2) is 0 Å². The zero-order valence-electron chi connectivity index (χ0n) is 8.05. The van der Waals surface area contributed by atoms with Gasteiger partial charge >= 0.3 is 0 Å². The summed E-state index contributed by atoms with van der Waals surface area (Å²) in [4.78, 5) is 11.5. The Bertz CT molecular complexity index is 165. The van der Waals surface area contributed by atoms with Gasteiger partial charge in [0, 0.05) is 12.5 Å². The number of aliphatic hydroxyl groups excluding tert-OH is 1. The Kier molecular flexibility index (Phi) is 4.18. The summed E-state index contributed by atoms with van der Waals surface area (Å²) in [6, 6.07) is 0. The van der Waals surface area contributed by atoms with Gasteiger partial charge in [0.25, 0.3) is 0 Å². The molecule has 0 bridgehead atoms. The lowest BCUT2D eigenvalue weighted by Gasteiger charge is -2.22. The van der Waals surface area contributed by atoms with Crippen LogP contribution in [0.2, 0.25) is 0 Å². The number of piperidine rings is 1. The van der Waals surface area contributed by atoms with Crippen molar-refractivity contribution in [2.45, 2.75) is 25.9 Å². The van der Waals surface area contributed by atoms with Crippen molar-refractivity contribution in [3.05, 3.63) is 0 Å². The minimum atomic E-state index is -0.453. The van der Waals surface area contributed by atoms with E-state index >= 15 is 0 Å². The molecule has 0 unspecified atom stereocenters. The first-order chi connectivity index (χ1) is 6.20. The van der Waals surface area contributed by atoms with Crippen molar-refractivity contribution in [1.82, 2.24) is 10.6 Å². The summed E-state index contributed by atoms with van der Waals surface area (Å²) >= 11 is 0. The molecule has 0 radical (unpaired) electrons. The van der Waals surface area contributed by atoms with Crippen LogP contribution in [-0.2, 0) is 4.79 Å². The first-order valence-electron chi connectivity index (χ1n) is 4.86. The van der Waals surface area contributed by atoms with Crippen LogP contribution in [-0.4, -0.2) is 36.8 Å². The fraction of sp³-hybridized carbons (Fsp3) is 0.889. The highest BCUT2D eigenvalue weighted by atomic mass is 16.3. The zero-order valence-corrected chi connectivity index (χ0v) is 8.05. The van der Waals surface area contributed by atoms with Crippen molar-refractivity contribution in [2.24, 2.45) is 5.92 Å². The average molecular weight is 186 g/mol. The van der Waals surface area contributed by atoms with Gasteiger partial charge in [-0.15, -0.1) is 0 Å². The Morgan fingerprint density at radius 1 is 1.62 bits per heavy atom. The summed E-state index contributed by atoms with van der Waals surface area (Å²) in [5.74, 6) is 0.224. The van der Waals surface area contributed by atoms with Gasteiger partial charge in [-0.1, -0.05) is 0 Å². The fourth-order valence-electron chi connectivity index (χ4n) is 1.48. The van der Waals surface area contributed by atoms with E-state index in [2.05, 4.69) is 10.6 Å². The minimum Gasteiger partial charge on any atom is -0.392 e. The van der Waals surface area contributed by atoms with Crippen LogP contribution in [0, 0.1) is 5.92 Å². The van der Waals surface area contributed by atoms with E-state index in [-0.39, 0.29) is 11.8 Å². The van der Waals surface area contributed by atoms with Gasteiger partial charge in [-0.05, 0) is 32.9 Å². The predicted molar refractivity (Wildman–Crippen MR) is 50.3 cm³/mol. The molecule has 3 N–H and O–H groups in total. The predicted octanol–water partition coefficient (Wildman–Crippen LogP) is -0.517. The van der Waals surface area contributed by atoms with Crippen molar-refractivity contribution in [3.63, 3.8) is 0 Å². The van der Waals surface area contributed by atoms with E-state index in [0.717, 1.165) is 25.9 Å². The maximum absolute atomic E-state index is 11.5.